The van der Waals surface area contributed by atoms with E-state index in [2.05, 4.69) is 89.6 Å². The van der Waals surface area contributed by atoms with Gasteiger partial charge in [-0.05, 0) is 37.0 Å². The molecule has 2 heteroatoms. The molecule has 1 aliphatic rings. The molecule has 4 aromatic rings. The molecule has 0 radical (unpaired) electrons. The minimum atomic E-state index is 1.06. The van der Waals surface area contributed by atoms with Crippen molar-refractivity contribution in [1.82, 2.24) is 9.78 Å². The zero-order valence-electron chi connectivity index (χ0n) is 14.6. The van der Waals surface area contributed by atoms with Crippen molar-refractivity contribution in [3.63, 3.8) is 0 Å². The maximum Gasteiger partial charge on any atom is 0.0966 e. The summed E-state index contributed by atoms with van der Waals surface area (Å²) in [5, 5.41) is 5.09. The summed E-state index contributed by atoms with van der Waals surface area (Å²) in [6.45, 7) is 0. The molecule has 1 aliphatic carbocycles. The molecule has 0 aliphatic heterocycles. The van der Waals surface area contributed by atoms with E-state index < -0.39 is 0 Å². The Bertz CT molecular complexity index is 1050. The first kappa shape index (κ1) is 15.2. The van der Waals surface area contributed by atoms with Crippen LogP contribution in [-0.2, 0) is 12.8 Å². The molecule has 126 valence electrons. The van der Waals surface area contributed by atoms with Gasteiger partial charge in [-0.1, -0.05) is 72.8 Å². The zero-order valence-corrected chi connectivity index (χ0v) is 14.6. The molecule has 0 saturated carbocycles. The molecular weight excluding hydrogens is 316 g/mol. The Labute approximate surface area is 153 Å². The van der Waals surface area contributed by atoms with E-state index in [9.17, 15) is 0 Å². The van der Waals surface area contributed by atoms with Crippen molar-refractivity contribution in [2.24, 2.45) is 0 Å². The van der Waals surface area contributed by atoms with Gasteiger partial charge in [0.05, 0.1) is 17.1 Å². The molecule has 1 aromatic heterocycles. The summed E-state index contributed by atoms with van der Waals surface area (Å²) in [6, 6.07) is 29.8. The predicted octanol–water partition coefficient (Wildman–Crippen LogP) is 5.70. The van der Waals surface area contributed by atoms with Crippen LogP contribution in [0.1, 0.15) is 17.5 Å². The van der Waals surface area contributed by atoms with Gasteiger partial charge in [0.25, 0.3) is 0 Å². The summed E-state index contributed by atoms with van der Waals surface area (Å²) in [5.41, 5.74) is 8.77. The zero-order chi connectivity index (χ0) is 17.3. The minimum Gasteiger partial charge on any atom is -0.232 e. The second-order valence-corrected chi connectivity index (χ2v) is 6.80. The molecule has 0 unspecified atom stereocenters. The van der Waals surface area contributed by atoms with Gasteiger partial charge in [0.1, 0.15) is 0 Å². The van der Waals surface area contributed by atoms with E-state index in [4.69, 9.17) is 5.10 Å². The van der Waals surface area contributed by atoms with Crippen molar-refractivity contribution in [3.8, 4) is 28.2 Å². The maximum atomic E-state index is 5.09. The van der Waals surface area contributed by atoms with Crippen LogP contribution in [0, 0.1) is 0 Å². The van der Waals surface area contributed by atoms with Crippen LogP contribution in [0.4, 0.5) is 0 Å². The Kier molecular flexibility index (Phi) is 3.67. The van der Waals surface area contributed by atoms with Gasteiger partial charge in [-0.3, -0.25) is 0 Å². The number of benzene rings is 3. The molecule has 0 N–H and O–H groups in total. The molecule has 26 heavy (non-hydrogen) atoms. The van der Waals surface area contributed by atoms with Crippen LogP contribution in [0.3, 0.4) is 0 Å². The average molecular weight is 336 g/mol. The fourth-order valence-corrected chi connectivity index (χ4v) is 3.97. The standard InChI is InChI=1S/C24H20N2/c1-3-11-19(12-4-1)23-22-17-9-13-18-10-7-8-16-21(18)24(22)26(25-23)20-14-5-2-6-15-20/h1-8,10-12,14-16H,9,13,17H2. The molecule has 0 fully saturated rings. The summed E-state index contributed by atoms with van der Waals surface area (Å²) < 4.78 is 2.14. The molecular formula is C24H20N2. The monoisotopic (exact) mass is 336 g/mol. The molecule has 0 bridgehead atoms. The summed E-state index contributed by atoms with van der Waals surface area (Å²) in [6.07, 6.45) is 3.33. The number of aryl methyl sites for hydroxylation is 1. The third-order valence-electron chi connectivity index (χ3n) is 5.18. The van der Waals surface area contributed by atoms with E-state index >= 15 is 0 Å². The fourth-order valence-electron chi connectivity index (χ4n) is 3.97. The topological polar surface area (TPSA) is 17.8 Å². The predicted molar refractivity (Wildman–Crippen MR) is 106 cm³/mol. The maximum absolute atomic E-state index is 5.09. The van der Waals surface area contributed by atoms with Crippen molar-refractivity contribution in [2.75, 3.05) is 0 Å². The van der Waals surface area contributed by atoms with Gasteiger partial charge in [0, 0.05) is 16.7 Å². The summed E-state index contributed by atoms with van der Waals surface area (Å²) >= 11 is 0. The van der Waals surface area contributed by atoms with Crippen LogP contribution in [0.15, 0.2) is 84.9 Å². The van der Waals surface area contributed by atoms with Crippen molar-refractivity contribution >= 4 is 0 Å². The number of para-hydroxylation sites is 1. The Morgan fingerprint density at radius 2 is 1.38 bits per heavy atom. The van der Waals surface area contributed by atoms with Crippen LogP contribution >= 0.6 is 0 Å². The third-order valence-corrected chi connectivity index (χ3v) is 5.18. The first-order valence-corrected chi connectivity index (χ1v) is 9.23. The van der Waals surface area contributed by atoms with E-state index in [1.165, 1.54) is 27.9 Å². The lowest BCUT2D eigenvalue weighted by Crippen LogP contribution is -2.00. The molecule has 0 atom stereocenters. The SMILES string of the molecule is c1ccc(-c2nn(-c3ccccc3)c3c2CCCc2ccccc2-3)cc1. The Morgan fingerprint density at radius 1 is 0.692 bits per heavy atom. The lowest BCUT2D eigenvalue weighted by Gasteiger charge is -2.11. The van der Waals surface area contributed by atoms with Gasteiger partial charge in [-0.15, -0.1) is 0 Å². The highest BCUT2D eigenvalue weighted by Gasteiger charge is 2.24. The lowest BCUT2D eigenvalue weighted by molar-refractivity contribution is 0.835. The van der Waals surface area contributed by atoms with Crippen LogP contribution < -0.4 is 0 Å². The number of fused-ring (bicyclic) bond motifs is 3. The van der Waals surface area contributed by atoms with Crippen LogP contribution in [0.25, 0.3) is 28.2 Å². The van der Waals surface area contributed by atoms with Gasteiger partial charge >= 0.3 is 0 Å². The molecule has 1 heterocycles. The number of rotatable bonds is 2. The van der Waals surface area contributed by atoms with Crippen molar-refractivity contribution in [1.29, 1.82) is 0 Å². The first-order valence-electron chi connectivity index (χ1n) is 9.23. The molecule has 3 aromatic carbocycles. The Balaban J connectivity index is 1.84. The highest BCUT2D eigenvalue weighted by Crippen LogP contribution is 2.39. The second kappa shape index (κ2) is 6.30. The summed E-state index contributed by atoms with van der Waals surface area (Å²) in [5.74, 6) is 0. The molecule has 2 nitrogen and oxygen atoms in total. The number of hydrogen-bond donors (Lipinski definition) is 0. The van der Waals surface area contributed by atoms with Gasteiger partial charge in [-0.2, -0.15) is 5.10 Å². The van der Waals surface area contributed by atoms with E-state index in [-0.39, 0.29) is 0 Å². The second-order valence-electron chi connectivity index (χ2n) is 6.80. The summed E-state index contributed by atoms with van der Waals surface area (Å²) in [4.78, 5) is 0. The van der Waals surface area contributed by atoms with Crippen molar-refractivity contribution < 1.29 is 0 Å². The molecule has 0 spiro atoms. The van der Waals surface area contributed by atoms with Gasteiger partial charge in [-0.25, -0.2) is 4.68 Å². The van der Waals surface area contributed by atoms with E-state index in [0.717, 1.165) is 30.6 Å². The largest absolute Gasteiger partial charge is 0.232 e. The molecule has 0 saturated heterocycles. The number of nitrogens with zero attached hydrogens (tertiary/aromatic N) is 2. The first-order chi connectivity index (χ1) is 12.9. The van der Waals surface area contributed by atoms with Gasteiger partial charge in [0.15, 0.2) is 0 Å². The van der Waals surface area contributed by atoms with Crippen LogP contribution in [0.2, 0.25) is 0 Å². The van der Waals surface area contributed by atoms with Gasteiger partial charge in [0.2, 0.25) is 0 Å². The Hall–Kier alpha value is -3.13. The molecule has 0 amide bonds. The summed E-state index contributed by atoms with van der Waals surface area (Å²) in [7, 11) is 0. The fraction of sp³-hybridized carbons (Fsp3) is 0.125. The highest BCUT2D eigenvalue weighted by molar-refractivity contribution is 5.78. The Morgan fingerprint density at radius 3 is 2.19 bits per heavy atom. The van der Waals surface area contributed by atoms with Crippen LogP contribution in [-0.4, -0.2) is 9.78 Å². The molecule has 5 rings (SSSR count). The van der Waals surface area contributed by atoms with Crippen LogP contribution in [0.5, 0.6) is 0 Å². The minimum absolute atomic E-state index is 1.06. The third kappa shape index (κ3) is 2.46. The van der Waals surface area contributed by atoms with E-state index in [1.54, 1.807) is 0 Å². The lowest BCUT2D eigenvalue weighted by atomic mass is 9.99. The quantitative estimate of drug-likeness (QED) is 0.459. The average Bonchev–Trinajstić information content (AvgIpc) is 2.98. The van der Waals surface area contributed by atoms with Crippen molar-refractivity contribution in [2.45, 2.75) is 19.3 Å². The van der Waals surface area contributed by atoms with Gasteiger partial charge < -0.3 is 0 Å². The number of aromatic nitrogens is 2. The van der Waals surface area contributed by atoms with Crippen molar-refractivity contribution in [3.05, 3.63) is 96.1 Å². The van der Waals surface area contributed by atoms with E-state index in [0.29, 0.717) is 0 Å². The highest BCUT2D eigenvalue weighted by atomic mass is 15.3. The normalized spacial score (nSPS) is 12.9. The van der Waals surface area contributed by atoms with E-state index in [1.807, 2.05) is 0 Å². The smallest absolute Gasteiger partial charge is 0.0966 e. The number of hydrogen-bond acceptors (Lipinski definition) is 1.